The minimum atomic E-state index is -0.570. The molecular formula is C20H19ClN6O4S. The van der Waals surface area contributed by atoms with Crippen molar-refractivity contribution in [2.45, 2.75) is 18.1 Å². The predicted octanol–water partition coefficient (Wildman–Crippen LogP) is 3.60. The summed E-state index contributed by atoms with van der Waals surface area (Å²) in [4.78, 5) is 35.0. The first-order chi connectivity index (χ1) is 15.3. The van der Waals surface area contributed by atoms with Gasteiger partial charge < -0.3 is 15.2 Å². The average Bonchev–Trinajstić information content (AvgIpc) is 3.14. The highest BCUT2D eigenvalue weighted by Crippen LogP contribution is 2.27. The van der Waals surface area contributed by atoms with E-state index in [9.17, 15) is 19.7 Å². The molecule has 0 spiro atoms. The molecule has 2 aromatic carbocycles. The van der Waals surface area contributed by atoms with E-state index in [2.05, 4.69) is 20.8 Å². The Bertz CT molecular complexity index is 1150. The Kier molecular flexibility index (Phi) is 7.44. The molecule has 3 aromatic rings. The number of nitro groups is 1. The summed E-state index contributed by atoms with van der Waals surface area (Å²) in [7, 11) is 1.73. The van der Waals surface area contributed by atoms with Crippen molar-refractivity contribution in [3.63, 3.8) is 0 Å². The predicted molar refractivity (Wildman–Crippen MR) is 121 cm³/mol. The standard InChI is InChI=1S/C20H19ClN6O4S/c1-12(22-19(29)13-6-4-3-5-7-13)18-24-25-20(26(18)2)32-11-17(28)23-16-10-14(27(30)31)8-9-15(16)21/h3-10,12H,11H2,1-2H3,(H,22,29)(H,23,28)/t12-/m0/s1. The van der Waals surface area contributed by atoms with Crippen LogP contribution in [0, 0.1) is 10.1 Å². The minimum Gasteiger partial charge on any atom is -0.342 e. The molecule has 0 bridgehead atoms. The number of thioether (sulfide) groups is 1. The molecule has 3 rings (SSSR count). The number of aromatic nitrogens is 3. The Hall–Kier alpha value is -3.44. The van der Waals surface area contributed by atoms with E-state index in [0.29, 0.717) is 16.5 Å². The van der Waals surface area contributed by atoms with Gasteiger partial charge in [0.2, 0.25) is 5.91 Å². The third-order valence-electron chi connectivity index (χ3n) is 4.41. The van der Waals surface area contributed by atoms with Gasteiger partial charge in [0.1, 0.15) is 0 Å². The number of nitro benzene ring substituents is 1. The van der Waals surface area contributed by atoms with Gasteiger partial charge >= 0.3 is 0 Å². The highest BCUT2D eigenvalue weighted by molar-refractivity contribution is 7.99. The first kappa shape index (κ1) is 23.2. The fraction of sp³-hybridized carbons (Fsp3) is 0.200. The average molecular weight is 475 g/mol. The number of benzene rings is 2. The smallest absolute Gasteiger partial charge is 0.271 e. The Morgan fingerprint density at radius 3 is 2.62 bits per heavy atom. The highest BCUT2D eigenvalue weighted by Gasteiger charge is 2.19. The first-order valence-corrected chi connectivity index (χ1v) is 10.7. The molecule has 2 N–H and O–H groups in total. The van der Waals surface area contributed by atoms with Crippen LogP contribution in [0.15, 0.2) is 53.7 Å². The lowest BCUT2D eigenvalue weighted by Crippen LogP contribution is -2.28. The Morgan fingerprint density at radius 1 is 1.22 bits per heavy atom. The van der Waals surface area contributed by atoms with Crippen LogP contribution in [0.1, 0.15) is 29.1 Å². The number of hydrogen-bond acceptors (Lipinski definition) is 7. The van der Waals surface area contributed by atoms with Gasteiger partial charge in [-0.25, -0.2) is 0 Å². The van der Waals surface area contributed by atoms with Crippen LogP contribution < -0.4 is 10.6 Å². The summed E-state index contributed by atoms with van der Waals surface area (Å²) in [6.45, 7) is 1.79. The summed E-state index contributed by atoms with van der Waals surface area (Å²) in [5, 5.41) is 25.2. The molecule has 0 fully saturated rings. The lowest BCUT2D eigenvalue weighted by atomic mass is 10.2. The van der Waals surface area contributed by atoms with E-state index in [1.165, 1.54) is 18.2 Å². The van der Waals surface area contributed by atoms with E-state index in [1.807, 2.05) is 6.07 Å². The van der Waals surface area contributed by atoms with Crippen LogP contribution >= 0.6 is 23.4 Å². The van der Waals surface area contributed by atoms with Gasteiger partial charge in [0.25, 0.3) is 11.6 Å². The summed E-state index contributed by atoms with van der Waals surface area (Å²) in [5.74, 6) is -0.134. The van der Waals surface area contributed by atoms with Crippen molar-refractivity contribution in [3.05, 3.63) is 75.1 Å². The Morgan fingerprint density at radius 2 is 1.94 bits per heavy atom. The molecule has 0 saturated heterocycles. The SMILES string of the molecule is C[C@H](NC(=O)c1ccccc1)c1nnc(SCC(=O)Nc2cc([N+](=O)[O-])ccc2Cl)n1C. The lowest BCUT2D eigenvalue weighted by Gasteiger charge is -2.13. The largest absolute Gasteiger partial charge is 0.342 e. The molecule has 1 aromatic heterocycles. The highest BCUT2D eigenvalue weighted by atomic mass is 35.5. The summed E-state index contributed by atoms with van der Waals surface area (Å²) < 4.78 is 1.69. The number of hydrogen-bond donors (Lipinski definition) is 2. The van der Waals surface area contributed by atoms with E-state index < -0.39 is 16.9 Å². The van der Waals surface area contributed by atoms with Gasteiger partial charge in [0.05, 0.1) is 27.4 Å². The van der Waals surface area contributed by atoms with E-state index in [4.69, 9.17) is 11.6 Å². The van der Waals surface area contributed by atoms with Crippen molar-refractivity contribution in [1.29, 1.82) is 0 Å². The van der Waals surface area contributed by atoms with Gasteiger partial charge in [-0.15, -0.1) is 10.2 Å². The van der Waals surface area contributed by atoms with Crippen molar-refractivity contribution >= 4 is 46.6 Å². The molecule has 32 heavy (non-hydrogen) atoms. The molecule has 10 nitrogen and oxygen atoms in total. The Balaban J connectivity index is 1.60. The van der Waals surface area contributed by atoms with E-state index in [-0.39, 0.29) is 28.1 Å². The number of amides is 2. The molecule has 0 aliphatic heterocycles. The van der Waals surface area contributed by atoms with Gasteiger partial charge in [-0.3, -0.25) is 19.7 Å². The van der Waals surface area contributed by atoms with Gasteiger partial charge in [0.15, 0.2) is 11.0 Å². The number of carbonyl (C=O) groups is 2. The normalized spacial score (nSPS) is 11.6. The number of nitrogens with one attached hydrogen (secondary N) is 2. The topological polar surface area (TPSA) is 132 Å². The van der Waals surface area contributed by atoms with Crippen LogP contribution in [0.3, 0.4) is 0 Å². The molecule has 12 heteroatoms. The monoisotopic (exact) mass is 474 g/mol. The van der Waals surface area contributed by atoms with Gasteiger partial charge in [-0.1, -0.05) is 41.6 Å². The number of anilines is 1. The molecule has 0 aliphatic rings. The summed E-state index contributed by atoms with van der Waals surface area (Å²) >= 11 is 7.14. The second kappa shape index (κ2) is 10.2. The molecule has 166 valence electrons. The maximum Gasteiger partial charge on any atom is 0.271 e. The van der Waals surface area contributed by atoms with Crippen LogP contribution in [0.2, 0.25) is 5.02 Å². The Labute approximate surface area is 192 Å². The molecular weight excluding hydrogens is 456 g/mol. The van der Waals surface area contributed by atoms with E-state index >= 15 is 0 Å². The van der Waals surface area contributed by atoms with Crippen LogP contribution in [0.4, 0.5) is 11.4 Å². The fourth-order valence-electron chi connectivity index (χ4n) is 2.80. The number of halogens is 1. The van der Waals surface area contributed by atoms with Gasteiger partial charge in [-0.05, 0) is 25.1 Å². The minimum absolute atomic E-state index is 0.0181. The molecule has 1 atom stereocenters. The fourth-order valence-corrected chi connectivity index (χ4v) is 3.68. The van der Waals surface area contributed by atoms with Crippen LogP contribution in [0.5, 0.6) is 0 Å². The number of non-ortho nitro benzene ring substituents is 1. The first-order valence-electron chi connectivity index (χ1n) is 9.38. The van der Waals surface area contributed by atoms with E-state index in [1.54, 1.807) is 42.8 Å². The quantitative estimate of drug-likeness (QED) is 0.289. The number of rotatable bonds is 8. The second-order valence-corrected chi connectivity index (χ2v) is 8.07. The molecule has 1 heterocycles. The van der Waals surface area contributed by atoms with Crippen LogP contribution in [0.25, 0.3) is 0 Å². The molecule has 0 radical (unpaired) electrons. The molecule has 0 saturated carbocycles. The maximum atomic E-state index is 12.3. The van der Waals surface area contributed by atoms with Gasteiger partial charge in [-0.2, -0.15) is 0 Å². The molecule has 2 amide bonds. The van der Waals surface area contributed by atoms with Crippen molar-refractivity contribution < 1.29 is 14.5 Å². The summed E-state index contributed by atoms with van der Waals surface area (Å²) in [5.41, 5.74) is 0.511. The van der Waals surface area contributed by atoms with Gasteiger partial charge in [0, 0.05) is 24.7 Å². The van der Waals surface area contributed by atoms with Crippen LogP contribution in [-0.4, -0.2) is 37.3 Å². The summed E-state index contributed by atoms with van der Waals surface area (Å²) in [6, 6.07) is 12.2. The second-order valence-electron chi connectivity index (χ2n) is 6.72. The zero-order valence-corrected chi connectivity index (χ0v) is 18.7. The van der Waals surface area contributed by atoms with Crippen molar-refractivity contribution in [2.75, 3.05) is 11.1 Å². The zero-order valence-electron chi connectivity index (χ0n) is 17.1. The zero-order chi connectivity index (χ0) is 23.3. The van der Waals surface area contributed by atoms with Crippen LogP contribution in [-0.2, 0) is 11.8 Å². The molecule has 0 unspecified atom stereocenters. The maximum absolute atomic E-state index is 12.3. The molecule has 0 aliphatic carbocycles. The third-order valence-corrected chi connectivity index (χ3v) is 5.76. The van der Waals surface area contributed by atoms with E-state index in [0.717, 1.165) is 11.8 Å². The summed E-state index contributed by atoms with van der Waals surface area (Å²) in [6.07, 6.45) is 0. The number of nitrogens with zero attached hydrogens (tertiary/aromatic N) is 4. The lowest BCUT2D eigenvalue weighted by molar-refractivity contribution is -0.384. The van der Waals surface area contributed by atoms with Crippen molar-refractivity contribution in [1.82, 2.24) is 20.1 Å². The third kappa shape index (κ3) is 5.62. The van der Waals surface area contributed by atoms with Crippen molar-refractivity contribution in [2.24, 2.45) is 7.05 Å². The number of carbonyl (C=O) groups excluding carboxylic acids is 2. The van der Waals surface area contributed by atoms with Crippen molar-refractivity contribution in [3.8, 4) is 0 Å².